The minimum absolute atomic E-state index is 0.543. The van der Waals surface area contributed by atoms with Crippen molar-refractivity contribution in [2.45, 2.75) is 30.9 Å². The van der Waals surface area contributed by atoms with Gasteiger partial charge in [-0.15, -0.1) is 0 Å². The monoisotopic (exact) mass is 464 g/mol. The van der Waals surface area contributed by atoms with Crippen LogP contribution >= 0.6 is 0 Å². The van der Waals surface area contributed by atoms with E-state index in [1.54, 1.807) is 0 Å². The summed E-state index contributed by atoms with van der Waals surface area (Å²) in [5.41, 5.74) is 0. The van der Waals surface area contributed by atoms with Crippen molar-refractivity contribution in [3.63, 3.8) is 0 Å². The van der Waals surface area contributed by atoms with Gasteiger partial charge in [0.2, 0.25) is 0 Å². The van der Waals surface area contributed by atoms with E-state index in [0.29, 0.717) is 0 Å². The van der Waals surface area contributed by atoms with Crippen LogP contribution in [0.5, 0.6) is 0 Å². The van der Waals surface area contributed by atoms with Crippen molar-refractivity contribution in [2.75, 3.05) is 0 Å². The van der Waals surface area contributed by atoms with Crippen molar-refractivity contribution in [3.05, 3.63) is 0 Å². The molecule has 2 radical (unpaired) electrons. The number of hydrogen-bond donors (Lipinski definition) is 0. The van der Waals surface area contributed by atoms with Crippen molar-refractivity contribution >= 4 is 42.1 Å². The third kappa shape index (κ3) is 7.10. The summed E-state index contributed by atoms with van der Waals surface area (Å²) in [5.74, 6) is -5.95. The molecule has 92 valence electrons. The molecule has 0 heterocycles. The average Bonchev–Trinajstić information content (AvgIpc) is 1.79. The summed E-state index contributed by atoms with van der Waals surface area (Å²) in [4.78, 5) is 7.09. The summed E-state index contributed by atoms with van der Waals surface area (Å²) < 4.78 is 74.4. The van der Waals surface area contributed by atoms with E-state index >= 15 is 0 Å². The van der Waals surface area contributed by atoms with Crippen LogP contribution in [0.3, 0.4) is 0 Å². The van der Waals surface area contributed by atoms with Gasteiger partial charge in [-0.1, -0.05) is 0 Å². The average molecular weight is 460 g/mol. The predicted molar refractivity (Wildman–Crippen MR) is 45.0 cm³/mol. The molecule has 0 bridgehead atoms. The van der Waals surface area contributed by atoms with Crippen LogP contribution in [0, 0.1) is 0 Å². The van der Waals surface area contributed by atoms with E-state index in [2.05, 4.69) is 14.8 Å². The fraction of sp³-hybridized carbons (Fsp3) is 1.00. The van der Waals surface area contributed by atoms with Gasteiger partial charge in [0.25, 0.3) is 0 Å². The summed E-state index contributed by atoms with van der Waals surface area (Å²) in [6.45, 7) is 0. The first kappa shape index (κ1) is 18.5. The Hall–Kier alpha value is 1.10. The molecule has 0 aliphatic carbocycles. The van der Waals surface area contributed by atoms with E-state index in [-0.39, 0.29) is 0 Å². The van der Waals surface area contributed by atoms with E-state index in [1.807, 2.05) is 0 Å². The van der Waals surface area contributed by atoms with Crippen LogP contribution in [-0.4, -0.2) is 58.1 Å². The fourth-order valence-electron chi connectivity index (χ4n) is 0.165. The molecular formula is C6H9F7SnTe. The fourth-order valence-corrected chi connectivity index (χ4v) is 0.495. The maximum absolute atomic E-state index is 11.6. The Balaban J connectivity index is 0. The van der Waals surface area contributed by atoms with Gasteiger partial charge in [0.15, 0.2) is 0 Å². The Morgan fingerprint density at radius 1 is 0.800 bits per heavy atom. The topological polar surface area (TPSA) is 0 Å². The van der Waals surface area contributed by atoms with E-state index < -0.39 is 58.1 Å². The van der Waals surface area contributed by atoms with Crippen LogP contribution in [-0.2, 0) is 0 Å². The van der Waals surface area contributed by atoms with Gasteiger partial charge in [0, 0.05) is 0 Å². The number of alkyl halides is 7. The van der Waals surface area contributed by atoms with Crippen molar-refractivity contribution in [1.82, 2.24) is 0 Å². The third-order valence-electron chi connectivity index (χ3n) is 0.722. The van der Waals surface area contributed by atoms with Crippen molar-refractivity contribution in [1.29, 1.82) is 0 Å². The molecule has 0 spiro atoms. The summed E-state index contributed by atoms with van der Waals surface area (Å²) in [7, 11) is 0. The first-order valence-electron chi connectivity index (χ1n) is 3.53. The molecule has 9 heteroatoms. The molecule has 0 atom stereocenters. The molecule has 0 fully saturated rings. The number of hydrogen-bond acceptors (Lipinski definition) is 0. The summed E-state index contributed by atoms with van der Waals surface area (Å²) in [5, 5.41) is 0. The molecule has 0 aromatic rings. The Bertz CT molecular complexity index is 164. The number of halogens is 7. The van der Waals surface area contributed by atoms with Crippen LogP contribution in [0.25, 0.3) is 0 Å². The maximum atomic E-state index is 11.6. The molecule has 15 heavy (non-hydrogen) atoms. The summed E-state index contributed by atoms with van der Waals surface area (Å²) in [6, 6.07) is 0. The molecule has 0 unspecified atom stereocenters. The van der Waals surface area contributed by atoms with Crippen LogP contribution in [0.1, 0.15) is 0 Å². The standard InChI is InChI=1S/C3F7Te.3CH3.Sn/c4-1(5,2(6,7)8)3(9,10)11;;;;/h;3*1H3;. The van der Waals surface area contributed by atoms with Crippen LogP contribution in [0.4, 0.5) is 30.7 Å². The molecule has 0 saturated carbocycles. The van der Waals surface area contributed by atoms with Crippen molar-refractivity contribution in [3.8, 4) is 0 Å². The Morgan fingerprint density at radius 3 is 1.00 bits per heavy atom. The Kier molecular flexibility index (Phi) is 7.56. The van der Waals surface area contributed by atoms with Crippen LogP contribution in [0.2, 0.25) is 14.8 Å². The first-order valence-corrected chi connectivity index (χ1v) is 13.3. The van der Waals surface area contributed by atoms with Crippen LogP contribution in [0.15, 0.2) is 0 Å². The second kappa shape index (κ2) is 6.15. The van der Waals surface area contributed by atoms with Gasteiger partial charge in [-0.3, -0.25) is 0 Å². The van der Waals surface area contributed by atoms with Gasteiger partial charge >= 0.3 is 104 Å². The van der Waals surface area contributed by atoms with E-state index in [9.17, 15) is 30.7 Å². The summed E-state index contributed by atoms with van der Waals surface area (Å²) in [6.07, 6.45) is -6.20. The van der Waals surface area contributed by atoms with Gasteiger partial charge in [0.05, 0.1) is 0 Å². The van der Waals surface area contributed by atoms with Crippen LogP contribution < -0.4 is 0 Å². The second-order valence-corrected chi connectivity index (χ2v) is 13.1. The molecule has 0 aliphatic rings. The van der Waals surface area contributed by atoms with Gasteiger partial charge in [-0.05, 0) is 0 Å². The molecule has 0 amide bonds. The Morgan fingerprint density at radius 2 is 1.00 bits per heavy atom. The molecule has 0 aromatic heterocycles. The molecule has 0 rings (SSSR count). The van der Waals surface area contributed by atoms with E-state index in [1.165, 1.54) is 0 Å². The SMILES string of the molecule is FC(F)(F)C(F)(F)C(F)(F)[Te].[CH3][Sn]([CH3])[CH3]. The molecule has 0 aliphatic heterocycles. The van der Waals surface area contributed by atoms with Crippen molar-refractivity contribution < 1.29 is 30.7 Å². The Labute approximate surface area is 103 Å². The zero-order chi connectivity index (χ0) is 13.1. The predicted octanol–water partition coefficient (Wildman–Crippen LogP) is 3.32. The van der Waals surface area contributed by atoms with Gasteiger partial charge in [0.1, 0.15) is 0 Å². The zero-order valence-electron chi connectivity index (χ0n) is 8.05. The molecule has 0 aromatic carbocycles. The first-order chi connectivity index (χ1) is 6.23. The van der Waals surface area contributed by atoms with E-state index in [0.717, 1.165) is 0 Å². The van der Waals surface area contributed by atoms with Crippen molar-refractivity contribution in [2.24, 2.45) is 0 Å². The molecule has 0 saturated heterocycles. The van der Waals surface area contributed by atoms with Gasteiger partial charge in [-0.25, -0.2) is 0 Å². The minimum atomic E-state index is -6.20. The summed E-state index contributed by atoms with van der Waals surface area (Å²) >= 11 is -1.10. The van der Waals surface area contributed by atoms with Gasteiger partial charge < -0.3 is 0 Å². The normalized spacial score (nSPS) is 13.6. The molecule has 0 N–H and O–H groups in total. The molecular weight excluding hydrogens is 451 g/mol. The molecule has 0 nitrogen and oxygen atoms in total. The van der Waals surface area contributed by atoms with E-state index in [4.69, 9.17) is 0 Å². The number of rotatable bonds is 1. The quantitative estimate of drug-likeness (QED) is 0.416. The third-order valence-corrected chi connectivity index (χ3v) is 1.45. The zero-order valence-corrected chi connectivity index (χ0v) is 13.2. The van der Waals surface area contributed by atoms with Gasteiger partial charge in [-0.2, -0.15) is 0 Å². The second-order valence-electron chi connectivity index (χ2n) is 3.09.